The summed E-state index contributed by atoms with van der Waals surface area (Å²) in [5, 5.41) is 0. The minimum atomic E-state index is -2.20. The predicted molar refractivity (Wildman–Crippen MR) is 161 cm³/mol. The van der Waals surface area contributed by atoms with Crippen molar-refractivity contribution in [3.05, 3.63) is 53.1 Å². The first-order chi connectivity index (χ1) is 20.7. The van der Waals surface area contributed by atoms with Crippen LogP contribution in [0.3, 0.4) is 0 Å². The Morgan fingerprint density at radius 2 is 1.47 bits per heavy atom. The molecule has 4 aliphatic rings. The van der Waals surface area contributed by atoms with Crippen molar-refractivity contribution in [1.82, 2.24) is 0 Å². The van der Waals surface area contributed by atoms with Gasteiger partial charge >= 0.3 is 0 Å². The second kappa shape index (κ2) is 14.4. The van der Waals surface area contributed by atoms with Gasteiger partial charge in [0.1, 0.15) is 0 Å². The Kier molecular flexibility index (Phi) is 10.8. The molecule has 6 atom stereocenters. The highest BCUT2D eigenvalue weighted by molar-refractivity contribution is 5.44. The van der Waals surface area contributed by atoms with E-state index in [0.717, 1.165) is 50.0 Å². The lowest BCUT2D eigenvalue weighted by Gasteiger charge is -2.42. The molecule has 0 aliphatic heterocycles. The van der Waals surface area contributed by atoms with E-state index < -0.39 is 29.0 Å². The molecule has 3 fully saturated rings. The molecule has 0 aromatic heterocycles. The fraction of sp³-hybridized carbons (Fsp3) is 0.722. The second-order valence-corrected chi connectivity index (χ2v) is 13.8. The zero-order chi connectivity index (χ0) is 30.6. The highest BCUT2D eigenvalue weighted by Gasteiger charge is 2.44. The summed E-state index contributed by atoms with van der Waals surface area (Å²) in [5.41, 5.74) is -1.97. The zero-order valence-corrected chi connectivity index (χ0v) is 26.2. The molecule has 5 rings (SSSR count). The molecule has 43 heavy (non-hydrogen) atoms. The van der Waals surface area contributed by atoms with Crippen molar-refractivity contribution in [3.63, 3.8) is 0 Å². The molecule has 0 bridgehead atoms. The van der Waals surface area contributed by atoms with Crippen molar-refractivity contribution in [1.29, 1.82) is 0 Å². The second-order valence-electron chi connectivity index (χ2n) is 13.8. The van der Waals surface area contributed by atoms with Crippen molar-refractivity contribution >= 4 is 0 Å². The Bertz CT molecular complexity index is 1140. The molecule has 0 spiro atoms. The molecule has 4 aliphatic carbocycles. The Labute approximate surface area is 255 Å². The number of hydrogen-bond acceptors (Lipinski definition) is 3. The van der Waals surface area contributed by atoms with E-state index in [1.807, 2.05) is 0 Å². The van der Waals surface area contributed by atoms with E-state index in [0.29, 0.717) is 18.6 Å². The van der Waals surface area contributed by atoms with E-state index in [-0.39, 0.29) is 29.6 Å². The third-order valence-corrected chi connectivity index (χ3v) is 10.9. The number of benzene rings is 1. The summed E-state index contributed by atoms with van der Waals surface area (Å²) in [6, 6.07) is 2.51. The maximum Gasteiger partial charge on any atom is 0.200 e. The third kappa shape index (κ3) is 7.28. The van der Waals surface area contributed by atoms with Crippen LogP contribution in [-0.4, -0.2) is 32.1 Å². The fourth-order valence-corrected chi connectivity index (χ4v) is 8.17. The lowest BCUT2D eigenvalue weighted by Crippen LogP contribution is -2.36. The summed E-state index contributed by atoms with van der Waals surface area (Å²) < 4.78 is 77.2. The lowest BCUT2D eigenvalue weighted by molar-refractivity contribution is -0.0391. The van der Waals surface area contributed by atoms with E-state index in [4.69, 9.17) is 14.2 Å². The van der Waals surface area contributed by atoms with Gasteiger partial charge in [-0.15, -0.1) is 0 Å². The van der Waals surface area contributed by atoms with Gasteiger partial charge < -0.3 is 14.2 Å². The molecular weight excluding hydrogens is 556 g/mol. The summed E-state index contributed by atoms with van der Waals surface area (Å²) in [4.78, 5) is 0. The first-order valence-corrected chi connectivity index (χ1v) is 16.8. The Balaban J connectivity index is 1.05. The van der Waals surface area contributed by atoms with Gasteiger partial charge in [0.15, 0.2) is 29.3 Å². The molecule has 3 nitrogen and oxygen atoms in total. The van der Waals surface area contributed by atoms with Gasteiger partial charge in [-0.3, -0.25) is 0 Å². The number of fused-ring (bicyclic) bond motifs is 1. The summed E-state index contributed by atoms with van der Waals surface area (Å²) in [7, 11) is 0. The number of hydrogen-bond donors (Lipinski definition) is 0. The van der Waals surface area contributed by atoms with Crippen LogP contribution in [0.15, 0.2) is 35.9 Å². The molecule has 240 valence electrons. The number of ether oxygens (including phenoxy) is 3. The molecule has 0 heterocycles. The smallest absolute Gasteiger partial charge is 0.200 e. The average Bonchev–Trinajstić information content (AvgIpc) is 3.01. The van der Waals surface area contributed by atoms with Crippen LogP contribution >= 0.6 is 0 Å². The van der Waals surface area contributed by atoms with Gasteiger partial charge in [-0.25, -0.2) is 13.2 Å². The van der Waals surface area contributed by atoms with Gasteiger partial charge in [-0.05, 0) is 113 Å². The molecule has 7 heteroatoms. The van der Waals surface area contributed by atoms with Crippen LogP contribution in [0, 0.1) is 41.2 Å². The summed E-state index contributed by atoms with van der Waals surface area (Å²) in [5.74, 6) is -0.423. The van der Waals surface area contributed by atoms with Gasteiger partial charge in [-0.2, -0.15) is 4.39 Å². The van der Waals surface area contributed by atoms with Crippen molar-refractivity contribution in [2.75, 3.05) is 19.8 Å². The Morgan fingerprint density at radius 3 is 2.19 bits per heavy atom. The van der Waals surface area contributed by atoms with Crippen LogP contribution < -0.4 is 4.74 Å². The highest BCUT2D eigenvalue weighted by atomic mass is 19.2. The van der Waals surface area contributed by atoms with E-state index >= 15 is 8.78 Å². The van der Waals surface area contributed by atoms with Crippen LogP contribution in [0.4, 0.5) is 17.6 Å². The zero-order valence-electron chi connectivity index (χ0n) is 26.2. The van der Waals surface area contributed by atoms with Gasteiger partial charge in [0.05, 0.1) is 24.7 Å². The van der Waals surface area contributed by atoms with Crippen LogP contribution in [-0.2, 0) is 14.9 Å². The maximum atomic E-state index is 15.4. The molecule has 6 unspecified atom stereocenters. The van der Waals surface area contributed by atoms with Gasteiger partial charge in [0.2, 0.25) is 5.82 Å². The molecule has 1 aromatic carbocycles. The van der Waals surface area contributed by atoms with Crippen LogP contribution in [0.25, 0.3) is 0 Å². The van der Waals surface area contributed by atoms with E-state index in [9.17, 15) is 8.78 Å². The first-order valence-electron chi connectivity index (χ1n) is 16.8. The Morgan fingerprint density at radius 1 is 0.791 bits per heavy atom. The van der Waals surface area contributed by atoms with Crippen molar-refractivity contribution in [3.8, 4) is 5.75 Å². The molecule has 3 saturated carbocycles. The van der Waals surface area contributed by atoms with Gasteiger partial charge in [-0.1, -0.05) is 38.3 Å². The normalized spacial score (nSPS) is 34.6. The quantitative estimate of drug-likeness (QED) is 0.235. The number of rotatable bonds is 11. The van der Waals surface area contributed by atoms with Crippen LogP contribution in [0.1, 0.15) is 103 Å². The summed E-state index contributed by atoms with van der Waals surface area (Å²) in [6.45, 7) is 6.60. The van der Waals surface area contributed by atoms with E-state index in [1.54, 1.807) is 6.92 Å². The SMILES string of the molecule is CCCC1CCC2CC(OCC3CCC(COC4=C(F)C(F)C(C)(c5ccc(OCC)c(F)c5F)C=C4)CC3)CCC2C1. The first kappa shape index (κ1) is 32.4. The molecule has 0 radical (unpaired) electrons. The molecule has 1 aromatic rings. The summed E-state index contributed by atoms with van der Waals surface area (Å²) in [6.07, 6.45) is 15.6. The number of alkyl halides is 1. The largest absolute Gasteiger partial charge is 0.491 e. The third-order valence-electron chi connectivity index (χ3n) is 10.9. The topological polar surface area (TPSA) is 27.7 Å². The van der Waals surface area contributed by atoms with Crippen molar-refractivity contribution in [2.45, 2.75) is 116 Å². The number of halogens is 4. The number of allylic oxidation sites excluding steroid dienone is 3. The predicted octanol–water partition coefficient (Wildman–Crippen LogP) is 9.93. The molecule has 0 saturated heterocycles. The monoisotopic (exact) mass is 606 g/mol. The molecule has 0 N–H and O–H groups in total. The van der Waals surface area contributed by atoms with Crippen LogP contribution in [0.5, 0.6) is 5.75 Å². The highest BCUT2D eigenvalue weighted by Crippen LogP contribution is 2.46. The van der Waals surface area contributed by atoms with Gasteiger partial charge in [0.25, 0.3) is 0 Å². The van der Waals surface area contributed by atoms with E-state index in [2.05, 4.69) is 6.92 Å². The molecule has 0 amide bonds. The minimum absolute atomic E-state index is 0.160. The van der Waals surface area contributed by atoms with Crippen LogP contribution in [0.2, 0.25) is 0 Å². The lowest BCUT2D eigenvalue weighted by atomic mass is 9.66. The fourth-order valence-electron chi connectivity index (χ4n) is 8.17. The van der Waals surface area contributed by atoms with Crippen molar-refractivity contribution in [2.24, 2.45) is 29.6 Å². The maximum absolute atomic E-state index is 15.4. The standard InChI is InChI=1S/C36H50F4O3/c1-4-6-23-11-12-27-20-28(14-13-26(27)19-23)42-21-24-7-9-25(10-8-24)22-43-31-17-18-36(3,35(40)34(31)39)29-15-16-30(41-5-2)33(38)32(29)37/h15-18,23-28,35H,4-14,19-22H2,1-3H3. The van der Waals surface area contributed by atoms with E-state index in [1.165, 1.54) is 82.6 Å². The van der Waals surface area contributed by atoms with Gasteiger partial charge in [0, 0.05) is 12.2 Å². The Hall–Kier alpha value is -2.02. The average molecular weight is 607 g/mol. The van der Waals surface area contributed by atoms with Crippen molar-refractivity contribution < 1.29 is 31.8 Å². The molecular formula is C36H50F4O3. The minimum Gasteiger partial charge on any atom is -0.491 e. The summed E-state index contributed by atoms with van der Waals surface area (Å²) >= 11 is 0.